The van der Waals surface area contributed by atoms with Gasteiger partial charge in [0, 0.05) is 25.4 Å². The summed E-state index contributed by atoms with van der Waals surface area (Å²) in [7, 11) is 0. The van der Waals surface area contributed by atoms with Crippen LogP contribution in [-0.4, -0.2) is 64.6 Å². The molecule has 0 spiro atoms. The first-order chi connectivity index (χ1) is 10.2. The SMILES string of the molecule is O=c1ccn([C@@H]2O[C@H](CO)C[C@H]2N2CCOCC2)c(=O)[nH]1. The van der Waals surface area contributed by atoms with Gasteiger partial charge in [0.2, 0.25) is 0 Å². The van der Waals surface area contributed by atoms with Crippen LogP contribution >= 0.6 is 0 Å². The number of morpholine rings is 1. The summed E-state index contributed by atoms with van der Waals surface area (Å²) < 4.78 is 12.5. The summed E-state index contributed by atoms with van der Waals surface area (Å²) in [6.07, 6.45) is 1.28. The minimum Gasteiger partial charge on any atom is -0.394 e. The molecule has 1 aromatic heterocycles. The summed E-state index contributed by atoms with van der Waals surface area (Å²) in [5.41, 5.74) is -0.930. The Morgan fingerprint density at radius 3 is 2.76 bits per heavy atom. The van der Waals surface area contributed by atoms with E-state index in [1.807, 2.05) is 0 Å². The number of hydrogen-bond acceptors (Lipinski definition) is 6. The third kappa shape index (κ3) is 2.93. The number of aliphatic hydroxyl groups excluding tert-OH is 1. The topological polar surface area (TPSA) is 96.8 Å². The maximum atomic E-state index is 12.0. The zero-order chi connectivity index (χ0) is 14.8. The van der Waals surface area contributed by atoms with Crippen LogP contribution in [0, 0.1) is 0 Å². The van der Waals surface area contributed by atoms with Crippen molar-refractivity contribution in [3.63, 3.8) is 0 Å². The molecule has 0 unspecified atom stereocenters. The van der Waals surface area contributed by atoms with Crippen molar-refractivity contribution in [2.24, 2.45) is 0 Å². The first-order valence-corrected chi connectivity index (χ1v) is 7.08. The van der Waals surface area contributed by atoms with Gasteiger partial charge in [-0.1, -0.05) is 0 Å². The first-order valence-electron chi connectivity index (χ1n) is 7.08. The van der Waals surface area contributed by atoms with Gasteiger partial charge in [-0.3, -0.25) is 19.2 Å². The summed E-state index contributed by atoms with van der Waals surface area (Å²) in [4.78, 5) is 27.6. The van der Waals surface area contributed by atoms with Crippen LogP contribution in [0.2, 0.25) is 0 Å². The lowest BCUT2D eigenvalue weighted by molar-refractivity contribution is -0.0577. The van der Waals surface area contributed by atoms with Crippen LogP contribution in [0.25, 0.3) is 0 Å². The number of aliphatic hydroxyl groups is 1. The predicted octanol–water partition coefficient (Wildman–Crippen LogP) is -1.48. The van der Waals surface area contributed by atoms with E-state index in [9.17, 15) is 14.7 Å². The van der Waals surface area contributed by atoms with Crippen LogP contribution in [0.5, 0.6) is 0 Å². The Kier molecular flexibility index (Phi) is 4.20. The van der Waals surface area contributed by atoms with E-state index in [1.54, 1.807) is 0 Å². The molecule has 2 N–H and O–H groups in total. The highest BCUT2D eigenvalue weighted by atomic mass is 16.5. The van der Waals surface area contributed by atoms with E-state index < -0.39 is 17.5 Å². The van der Waals surface area contributed by atoms with Crippen molar-refractivity contribution < 1.29 is 14.6 Å². The van der Waals surface area contributed by atoms with E-state index in [4.69, 9.17) is 9.47 Å². The number of rotatable bonds is 3. The van der Waals surface area contributed by atoms with Crippen molar-refractivity contribution >= 4 is 0 Å². The second-order valence-corrected chi connectivity index (χ2v) is 5.30. The van der Waals surface area contributed by atoms with Crippen molar-refractivity contribution in [3.8, 4) is 0 Å². The molecule has 8 heteroatoms. The Labute approximate surface area is 120 Å². The molecule has 0 amide bonds. The van der Waals surface area contributed by atoms with Crippen LogP contribution in [-0.2, 0) is 9.47 Å². The Morgan fingerprint density at radius 2 is 2.10 bits per heavy atom. The van der Waals surface area contributed by atoms with Crippen LogP contribution < -0.4 is 11.2 Å². The van der Waals surface area contributed by atoms with Gasteiger partial charge in [-0.2, -0.15) is 0 Å². The molecule has 3 rings (SSSR count). The molecule has 0 bridgehead atoms. The van der Waals surface area contributed by atoms with Gasteiger partial charge in [-0.25, -0.2) is 4.79 Å². The van der Waals surface area contributed by atoms with Gasteiger partial charge < -0.3 is 14.6 Å². The van der Waals surface area contributed by atoms with Crippen molar-refractivity contribution in [3.05, 3.63) is 33.1 Å². The fourth-order valence-corrected chi connectivity index (χ4v) is 2.96. The molecule has 0 radical (unpaired) electrons. The van der Waals surface area contributed by atoms with Gasteiger partial charge in [0.25, 0.3) is 5.56 Å². The first kappa shape index (κ1) is 14.5. The van der Waals surface area contributed by atoms with E-state index >= 15 is 0 Å². The highest BCUT2D eigenvalue weighted by Crippen LogP contribution is 2.31. The number of nitrogens with one attached hydrogen (secondary N) is 1. The summed E-state index contributed by atoms with van der Waals surface area (Å²) >= 11 is 0. The Morgan fingerprint density at radius 1 is 1.33 bits per heavy atom. The van der Waals surface area contributed by atoms with E-state index in [0.717, 1.165) is 13.1 Å². The Bertz CT molecular complexity index is 592. The van der Waals surface area contributed by atoms with Gasteiger partial charge in [0.15, 0.2) is 6.23 Å². The van der Waals surface area contributed by atoms with Crippen LogP contribution in [0.3, 0.4) is 0 Å². The minimum absolute atomic E-state index is 0.0188. The van der Waals surface area contributed by atoms with E-state index in [0.29, 0.717) is 19.6 Å². The molecule has 0 aliphatic carbocycles. The summed E-state index contributed by atoms with van der Waals surface area (Å²) in [6.45, 7) is 2.73. The molecule has 8 nitrogen and oxygen atoms in total. The zero-order valence-electron chi connectivity index (χ0n) is 11.6. The summed E-state index contributed by atoms with van der Waals surface area (Å²) in [5, 5.41) is 9.35. The lowest BCUT2D eigenvalue weighted by atomic mass is 10.1. The van der Waals surface area contributed by atoms with Gasteiger partial charge in [-0.15, -0.1) is 0 Å². The number of ether oxygens (including phenoxy) is 2. The third-order valence-electron chi connectivity index (χ3n) is 4.01. The van der Waals surface area contributed by atoms with E-state index in [-0.39, 0.29) is 18.8 Å². The van der Waals surface area contributed by atoms with Crippen LogP contribution in [0.1, 0.15) is 12.6 Å². The Hall–Kier alpha value is -1.48. The molecule has 21 heavy (non-hydrogen) atoms. The molecular weight excluding hydrogens is 278 g/mol. The molecule has 1 aromatic rings. The number of nitrogens with zero attached hydrogens (tertiary/aromatic N) is 2. The van der Waals surface area contributed by atoms with Gasteiger partial charge in [0.1, 0.15) is 0 Å². The lowest BCUT2D eigenvalue weighted by Crippen LogP contribution is -2.47. The molecular formula is C13H19N3O5. The third-order valence-corrected chi connectivity index (χ3v) is 4.01. The molecule has 0 aromatic carbocycles. The van der Waals surface area contributed by atoms with E-state index in [1.165, 1.54) is 16.8 Å². The molecule has 2 aliphatic heterocycles. The van der Waals surface area contributed by atoms with Gasteiger partial charge in [0.05, 0.1) is 32.0 Å². The smallest absolute Gasteiger partial charge is 0.330 e. The minimum atomic E-state index is -0.510. The van der Waals surface area contributed by atoms with E-state index in [2.05, 4.69) is 9.88 Å². The molecule has 2 fully saturated rings. The van der Waals surface area contributed by atoms with Gasteiger partial charge >= 0.3 is 5.69 Å². The molecule has 3 atom stereocenters. The second-order valence-electron chi connectivity index (χ2n) is 5.30. The molecule has 0 saturated carbocycles. The highest BCUT2D eigenvalue weighted by Gasteiger charge is 2.40. The number of aromatic amines is 1. The van der Waals surface area contributed by atoms with Gasteiger partial charge in [-0.05, 0) is 6.42 Å². The fourth-order valence-electron chi connectivity index (χ4n) is 2.96. The largest absolute Gasteiger partial charge is 0.394 e. The average molecular weight is 297 g/mol. The highest BCUT2D eigenvalue weighted by molar-refractivity contribution is 4.93. The maximum absolute atomic E-state index is 12.0. The summed E-state index contributed by atoms with van der Waals surface area (Å²) in [6, 6.07) is 1.28. The fraction of sp³-hybridized carbons (Fsp3) is 0.692. The molecule has 2 aliphatic rings. The number of hydrogen-bond donors (Lipinski definition) is 2. The maximum Gasteiger partial charge on any atom is 0.330 e. The quantitative estimate of drug-likeness (QED) is 0.706. The predicted molar refractivity (Wildman–Crippen MR) is 73.1 cm³/mol. The lowest BCUT2D eigenvalue weighted by Gasteiger charge is -2.34. The van der Waals surface area contributed by atoms with Crippen LogP contribution in [0.4, 0.5) is 0 Å². The van der Waals surface area contributed by atoms with Crippen LogP contribution in [0.15, 0.2) is 21.9 Å². The molecule has 2 saturated heterocycles. The molecule has 116 valence electrons. The van der Waals surface area contributed by atoms with Crippen molar-refractivity contribution in [1.29, 1.82) is 0 Å². The molecule has 3 heterocycles. The van der Waals surface area contributed by atoms with Crippen molar-refractivity contribution in [2.45, 2.75) is 24.8 Å². The zero-order valence-corrected chi connectivity index (χ0v) is 11.6. The average Bonchev–Trinajstić information content (AvgIpc) is 2.92. The number of H-pyrrole nitrogens is 1. The van der Waals surface area contributed by atoms with Crippen molar-refractivity contribution in [2.75, 3.05) is 32.9 Å². The standard InChI is InChI=1S/C13H19N3O5/c17-8-9-7-10(15-3-5-20-6-4-15)12(21-9)16-2-1-11(18)14-13(16)19/h1-2,9-10,12,17H,3-8H2,(H,14,18,19)/t9-,10+,12+/m0/s1. The number of aromatic nitrogens is 2. The Balaban J connectivity index is 1.89. The van der Waals surface area contributed by atoms with Crippen molar-refractivity contribution in [1.82, 2.24) is 14.5 Å². The monoisotopic (exact) mass is 297 g/mol. The normalized spacial score (nSPS) is 30.6. The summed E-state index contributed by atoms with van der Waals surface area (Å²) in [5.74, 6) is 0. The second kappa shape index (κ2) is 6.10.